The summed E-state index contributed by atoms with van der Waals surface area (Å²) >= 11 is 0. The molecule has 0 saturated heterocycles. The normalized spacial score (nSPS) is 32.0. The highest BCUT2D eigenvalue weighted by molar-refractivity contribution is 7.84. The first-order valence-corrected chi connectivity index (χ1v) is 12.3. The van der Waals surface area contributed by atoms with Gasteiger partial charge >= 0.3 is 10.3 Å². The van der Waals surface area contributed by atoms with Gasteiger partial charge in [0.25, 0.3) is 0 Å². The lowest BCUT2D eigenvalue weighted by Gasteiger charge is -2.51. The van der Waals surface area contributed by atoms with E-state index in [1.165, 1.54) is 19.1 Å². The van der Waals surface area contributed by atoms with Gasteiger partial charge in [-0.1, -0.05) is 6.92 Å². The zero-order valence-corrected chi connectivity index (χ0v) is 18.6. The van der Waals surface area contributed by atoms with Gasteiger partial charge in [0.2, 0.25) is 0 Å². The number of methoxy groups -OCH3 is 1. The fourth-order valence-corrected chi connectivity index (χ4v) is 6.97. The van der Waals surface area contributed by atoms with Gasteiger partial charge < -0.3 is 14.3 Å². The lowest BCUT2D eigenvalue weighted by molar-refractivity contribution is 0.0511. The summed E-state index contributed by atoms with van der Waals surface area (Å²) < 4.78 is 35.2. The summed E-state index contributed by atoms with van der Waals surface area (Å²) in [6.07, 6.45) is 10.0. The van der Waals surface area contributed by atoms with E-state index in [1.54, 1.807) is 18.7 Å². The highest BCUT2D eigenvalue weighted by Crippen LogP contribution is 2.61. The van der Waals surface area contributed by atoms with Crippen LogP contribution in [0.5, 0.6) is 11.5 Å². The number of fused-ring (bicyclic) bond motifs is 5. The van der Waals surface area contributed by atoms with Crippen molar-refractivity contribution in [1.82, 2.24) is 14.9 Å². The lowest BCUT2D eigenvalue weighted by atomic mass is 9.55. The van der Waals surface area contributed by atoms with Crippen molar-refractivity contribution in [3.8, 4) is 11.5 Å². The number of nitrogens with zero attached hydrogens (tertiary/aromatic N) is 3. The summed E-state index contributed by atoms with van der Waals surface area (Å²) in [4.78, 5) is 0. The van der Waals surface area contributed by atoms with E-state index in [9.17, 15) is 8.42 Å². The molecule has 5 atom stereocenters. The number of aryl methyl sites for hydroxylation is 1. The molecule has 3 unspecified atom stereocenters. The fraction of sp³-hybridized carbons (Fsp3) is 0.619. The molecule has 5 rings (SSSR count). The van der Waals surface area contributed by atoms with Crippen LogP contribution in [0.2, 0.25) is 0 Å². The van der Waals surface area contributed by atoms with Crippen LogP contribution in [-0.4, -0.2) is 36.4 Å². The number of hydrogen-bond donors (Lipinski definition) is 2. The van der Waals surface area contributed by atoms with Crippen molar-refractivity contribution >= 4 is 10.3 Å². The van der Waals surface area contributed by atoms with Crippen LogP contribution in [-0.2, 0) is 16.7 Å². The van der Waals surface area contributed by atoms with Gasteiger partial charge in [0.15, 0.2) is 11.5 Å². The zero-order valence-electron chi connectivity index (χ0n) is 17.8. The Morgan fingerprint density at radius 1 is 1.16 bits per heavy atom. The molecule has 1 aromatic carbocycles. The fourth-order valence-electron chi connectivity index (χ4n) is 6.59. The van der Waals surface area contributed by atoms with Gasteiger partial charge in [-0.25, -0.2) is 4.68 Å². The maximum Gasteiger partial charge on any atom is 0.380 e. The predicted molar refractivity (Wildman–Crippen MR) is 115 cm³/mol. The molecule has 1 aromatic heterocycles. The third kappa shape index (κ3) is 3.55. The third-order valence-electron chi connectivity index (χ3n) is 7.94. The molecule has 0 aliphatic heterocycles. The summed E-state index contributed by atoms with van der Waals surface area (Å²) in [6.45, 7) is 2.43. The molecule has 2 saturated carbocycles. The van der Waals surface area contributed by atoms with E-state index in [1.807, 2.05) is 10.7 Å². The monoisotopic (exact) mass is 447 g/mol. The molecule has 0 bridgehead atoms. The highest BCUT2D eigenvalue weighted by atomic mass is 32.2. The summed E-state index contributed by atoms with van der Waals surface area (Å²) in [5.74, 6) is 2.28. The number of aromatic nitrogens is 3. The first-order chi connectivity index (χ1) is 14.8. The molecule has 3 N–H and O–H groups in total. The average molecular weight is 448 g/mol. The van der Waals surface area contributed by atoms with Crippen molar-refractivity contribution in [2.45, 2.75) is 57.4 Å². The number of hydrogen-bond acceptors (Lipinski definition) is 7. The zero-order chi connectivity index (χ0) is 21.8. The average Bonchev–Trinajstić information content (AvgIpc) is 3.34. The van der Waals surface area contributed by atoms with E-state index in [0.29, 0.717) is 29.5 Å². The largest absolute Gasteiger partial charge is 0.493 e. The van der Waals surface area contributed by atoms with E-state index >= 15 is 0 Å². The number of ether oxygens (including phenoxy) is 1. The molecule has 0 amide bonds. The van der Waals surface area contributed by atoms with Crippen molar-refractivity contribution in [3.05, 3.63) is 35.9 Å². The molecule has 1 heterocycles. The molecule has 0 spiro atoms. The van der Waals surface area contributed by atoms with Gasteiger partial charge in [-0.2, -0.15) is 13.6 Å². The topological polar surface area (TPSA) is 121 Å². The first-order valence-electron chi connectivity index (χ1n) is 10.8. The number of rotatable bonds is 5. The molecule has 9 nitrogen and oxygen atoms in total. The molecule has 3 aliphatic rings. The number of nitrogens with one attached hydrogen (secondary N) is 1. The summed E-state index contributed by atoms with van der Waals surface area (Å²) in [5, 5.41) is 12.9. The van der Waals surface area contributed by atoms with Crippen LogP contribution in [0.4, 0.5) is 0 Å². The van der Waals surface area contributed by atoms with Crippen LogP contribution in [0.25, 0.3) is 0 Å². The smallest absolute Gasteiger partial charge is 0.380 e. The second kappa shape index (κ2) is 7.37. The predicted octanol–water partition coefficient (Wildman–Crippen LogP) is 2.34. The molecular formula is C21H29N5O4S. The van der Waals surface area contributed by atoms with Gasteiger partial charge in [-0.05, 0) is 85.0 Å². The maximum atomic E-state index is 11.5. The molecule has 2 aromatic rings. The second-order valence-electron chi connectivity index (χ2n) is 9.37. The van der Waals surface area contributed by atoms with Gasteiger partial charge in [-0.3, -0.25) is 0 Å². The Kier molecular flexibility index (Phi) is 4.89. The van der Waals surface area contributed by atoms with E-state index in [4.69, 9.17) is 14.1 Å². The van der Waals surface area contributed by atoms with E-state index in [2.05, 4.69) is 22.5 Å². The van der Waals surface area contributed by atoms with Crippen LogP contribution in [0.3, 0.4) is 0 Å². The van der Waals surface area contributed by atoms with Gasteiger partial charge in [0.05, 0.1) is 7.11 Å². The number of nitrogens with two attached hydrogens (primary N) is 1. The summed E-state index contributed by atoms with van der Waals surface area (Å²) in [6, 6.07) is 4.17. The van der Waals surface area contributed by atoms with Gasteiger partial charge in [0.1, 0.15) is 12.7 Å². The molecule has 168 valence electrons. The van der Waals surface area contributed by atoms with Crippen LogP contribution < -0.4 is 19.5 Å². The Labute approximate surface area is 182 Å². The molecule has 31 heavy (non-hydrogen) atoms. The molecule has 10 heteroatoms. The van der Waals surface area contributed by atoms with Crippen LogP contribution in [0.15, 0.2) is 24.8 Å². The third-order valence-corrected chi connectivity index (χ3v) is 8.35. The van der Waals surface area contributed by atoms with E-state index in [-0.39, 0.29) is 11.2 Å². The Balaban J connectivity index is 1.43. The molecule has 3 aliphatic carbocycles. The van der Waals surface area contributed by atoms with Crippen LogP contribution >= 0.6 is 0 Å². The Bertz CT molecular complexity index is 1070. The quantitative estimate of drug-likeness (QED) is 0.721. The Morgan fingerprint density at radius 3 is 2.65 bits per heavy atom. The molecule has 2 fully saturated rings. The van der Waals surface area contributed by atoms with E-state index < -0.39 is 10.3 Å². The minimum absolute atomic E-state index is 0.168. The van der Waals surface area contributed by atoms with Gasteiger partial charge in [-0.15, -0.1) is 10.2 Å². The first kappa shape index (κ1) is 20.6. The Hall–Kier alpha value is -2.33. The number of benzene rings is 1. The van der Waals surface area contributed by atoms with Crippen LogP contribution in [0, 0.1) is 17.3 Å². The van der Waals surface area contributed by atoms with Crippen molar-refractivity contribution < 1.29 is 17.3 Å². The SMILES string of the molecule is COc1cc2c(cc1OS(N)(=O)=O)CCC1C2CC[C@@]2(C)C1CC[C@@H]2Nn1cnnc1. The molecule has 0 radical (unpaired) electrons. The standard InChI is InChI=1S/C21H29N5O4S/c1-21-8-7-14-15(17(21)5-6-20(21)25-26-11-23-24-12-26)4-3-13-9-19(30-31(22,27)28)18(29-2)10-16(13)14/h9-12,14-15,17,20,25H,3-8H2,1-2H3,(H2,22,27,28)/t14?,15?,17?,20-,21-/m0/s1. The van der Waals surface area contributed by atoms with E-state index in [0.717, 1.165) is 37.7 Å². The van der Waals surface area contributed by atoms with Gasteiger partial charge in [0, 0.05) is 6.04 Å². The molecular weight excluding hydrogens is 418 g/mol. The van der Waals surface area contributed by atoms with Crippen molar-refractivity contribution in [2.75, 3.05) is 12.5 Å². The van der Waals surface area contributed by atoms with Crippen molar-refractivity contribution in [1.29, 1.82) is 0 Å². The lowest BCUT2D eigenvalue weighted by Crippen LogP contribution is -2.47. The minimum atomic E-state index is -4.11. The minimum Gasteiger partial charge on any atom is -0.493 e. The summed E-state index contributed by atoms with van der Waals surface area (Å²) in [7, 11) is -2.58. The second-order valence-corrected chi connectivity index (χ2v) is 10.5. The maximum absolute atomic E-state index is 11.5. The Morgan fingerprint density at radius 2 is 1.94 bits per heavy atom. The summed E-state index contributed by atoms with van der Waals surface area (Å²) in [5.41, 5.74) is 6.25. The van der Waals surface area contributed by atoms with Crippen LogP contribution in [0.1, 0.15) is 56.1 Å². The van der Waals surface area contributed by atoms with Crippen molar-refractivity contribution in [2.24, 2.45) is 22.4 Å². The highest BCUT2D eigenvalue weighted by Gasteiger charge is 2.55. The van der Waals surface area contributed by atoms with Crippen molar-refractivity contribution in [3.63, 3.8) is 0 Å².